The Bertz CT molecular complexity index is 770. The van der Waals surface area contributed by atoms with Gasteiger partial charge in [-0.15, -0.1) is 0 Å². The summed E-state index contributed by atoms with van der Waals surface area (Å²) in [5, 5.41) is 2.58. The molecule has 0 saturated heterocycles. The molecule has 0 aromatic heterocycles. The van der Waals surface area contributed by atoms with Crippen LogP contribution in [0.1, 0.15) is 6.92 Å². The van der Waals surface area contributed by atoms with Crippen molar-refractivity contribution >= 4 is 33.3 Å². The van der Waals surface area contributed by atoms with Crippen molar-refractivity contribution in [2.75, 3.05) is 45.0 Å². The molecule has 9 heteroatoms. The fourth-order valence-electron chi connectivity index (χ4n) is 1.88. The molecule has 1 aromatic carbocycles. The summed E-state index contributed by atoms with van der Waals surface area (Å²) in [7, 11) is 2.73. The van der Waals surface area contributed by atoms with Crippen LogP contribution in [0, 0.1) is 0 Å². The summed E-state index contributed by atoms with van der Waals surface area (Å²) in [6.07, 6.45) is 2.70. The largest absolute Gasteiger partial charge is 0.452 e. The number of sulfonamides is 1. The third kappa shape index (κ3) is 5.57. The van der Waals surface area contributed by atoms with Gasteiger partial charge < -0.3 is 15.0 Å². The van der Waals surface area contributed by atoms with Gasteiger partial charge in [0.15, 0.2) is 6.61 Å². The number of carbonyl (C=O) groups excluding carboxylic acids is 2. The topological polar surface area (TPSA) is 96.0 Å². The summed E-state index contributed by atoms with van der Waals surface area (Å²) in [6, 6.07) is 4.43. The zero-order valence-electron chi connectivity index (χ0n) is 14.9. The molecule has 0 aliphatic carbocycles. The Kier molecular flexibility index (Phi) is 7.13. The summed E-state index contributed by atoms with van der Waals surface area (Å²) >= 11 is 0. The second kappa shape index (κ2) is 8.63. The van der Waals surface area contributed by atoms with Crippen molar-refractivity contribution in [3.63, 3.8) is 0 Å². The molecule has 1 amide bonds. The minimum Gasteiger partial charge on any atom is -0.452 e. The fourth-order valence-corrected chi connectivity index (χ4v) is 2.81. The third-order valence-electron chi connectivity index (χ3n) is 3.15. The number of nitrogens with one attached hydrogen (secondary N) is 1. The highest BCUT2D eigenvalue weighted by atomic mass is 32.2. The second-order valence-corrected chi connectivity index (χ2v) is 7.67. The molecule has 0 radical (unpaired) electrons. The Morgan fingerprint density at radius 2 is 1.84 bits per heavy atom. The van der Waals surface area contributed by atoms with E-state index in [2.05, 4.69) is 5.32 Å². The summed E-state index contributed by atoms with van der Waals surface area (Å²) < 4.78 is 30.4. The van der Waals surface area contributed by atoms with Gasteiger partial charge in [-0.05, 0) is 25.1 Å². The molecule has 8 nitrogen and oxygen atoms in total. The molecule has 1 N–H and O–H groups in total. The molecule has 0 bridgehead atoms. The monoisotopic (exact) mass is 369 g/mol. The summed E-state index contributed by atoms with van der Waals surface area (Å²) in [5.74, 6) is -1.20. The molecule has 0 fully saturated rings. The van der Waals surface area contributed by atoms with Crippen molar-refractivity contribution in [2.45, 2.75) is 11.8 Å². The van der Waals surface area contributed by atoms with Crippen molar-refractivity contribution in [1.82, 2.24) is 4.31 Å². The van der Waals surface area contributed by atoms with E-state index in [1.54, 1.807) is 32.0 Å². The Labute approximate surface area is 148 Å². The lowest BCUT2D eigenvalue weighted by Gasteiger charge is -2.20. The first-order chi connectivity index (χ1) is 11.6. The molecular formula is C16H23N3O5S. The van der Waals surface area contributed by atoms with Gasteiger partial charge in [0.05, 0.1) is 16.3 Å². The van der Waals surface area contributed by atoms with Crippen LogP contribution >= 0.6 is 0 Å². The van der Waals surface area contributed by atoms with Gasteiger partial charge in [-0.2, -0.15) is 0 Å². The predicted octanol–water partition coefficient (Wildman–Crippen LogP) is 1.06. The van der Waals surface area contributed by atoms with E-state index in [0.717, 1.165) is 4.31 Å². The highest BCUT2D eigenvalue weighted by Crippen LogP contribution is 2.28. The number of nitrogens with zero attached hydrogens (tertiary/aromatic N) is 2. The van der Waals surface area contributed by atoms with E-state index >= 15 is 0 Å². The van der Waals surface area contributed by atoms with Gasteiger partial charge in [-0.25, -0.2) is 17.5 Å². The standard InChI is InChI=1S/C16H23N3O5S/c1-6-7-16(21)24-11-15(20)17-13-10-12(25(22,23)19(4)5)8-9-14(13)18(2)3/h6-10H,11H2,1-5H3,(H,17,20)/b7-6+. The van der Waals surface area contributed by atoms with Crippen LogP contribution in [0.25, 0.3) is 0 Å². The first-order valence-corrected chi connectivity index (χ1v) is 8.86. The van der Waals surface area contributed by atoms with E-state index in [9.17, 15) is 18.0 Å². The smallest absolute Gasteiger partial charge is 0.330 e. The van der Waals surface area contributed by atoms with Crippen molar-refractivity contribution in [3.05, 3.63) is 30.4 Å². The number of carbonyl (C=O) groups is 2. The molecule has 25 heavy (non-hydrogen) atoms. The normalized spacial score (nSPS) is 11.6. The molecule has 0 aliphatic heterocycles. The SMILES string of the molecule is C/C=C/C(=O)OCC(=O)Nc1cc(S(=O)(=O)N(C)C)ccc1N(C)C. The first kappa shape index (κ1) is 20.7. The van der Waals surface area contributed by atoms with E-state index in [4.69, 9.17) is 4.74 Å². The Morgan fingerprint density at radius 3 is 2.36 bits per heavy atom. The maximum atomic E-state index is 12.3. The molecule has 138 valence electrons. The second-order valence-electron chi connectivity index (χ2n) is 5.52. The van der Waals surface area contributed by atoms with Crippen molar-refractivity contribution < 1.29 is 22.7 Å². The van der Waals surface area contributed by atoms with Crippen LogP contribution in [0.4, 0.5) is 11.4 Å². The Morgan fingerprint density at radius 1 is 1.20 bits per heavy atom. The zero-order valence-corrected chi connectivity index (χ0v) is 15.8. The molecule has 1 rings (SSSR count). The van der Waals surface area contributed by atoms with E-state index in [-0.39, 0.29) is 4.90 Å². The molecule has 1 aromatic rings. The number of rotatable bonds is 7. The van der Waals surface area contributed by atoms with E-state index in [1.165, 1.54) is 38.4 Å². The third-order valence-corrected chi connectivity index (χ3v) is 4.96. The highest BCUT2D eigenvalue weighted by molar-refractivity contribution is 7.89. The quantitative estimate of drug-likeness (QED) is 0.570. The lowest BCUT2D eigenvalue weighted by molar-refractivity contribution is -0.142. The fraction of sp³-hybridized carbons (Fsp3) is 0.375. The minimum absolute atomic E-state index is 0.0457. The molecule has 0 spiro atoms. The number of ether oxygens (including phenoxy) is 1. The predicted molar refractivity (Wildman–Crippen MR) is 96.0 cm³/mol. The number of allylic oxidation sites excluding steroid dienone is 1. The van der Waals surface area contributed by atoms with Gasteiger partial charge in [0.2, 0.25) is 10.0 Å². The molecule has 0 saturated carbocycles. The number of esters is 1. The van der Waals surface area contributed by atoms with Crippen LogP contribution in [0.2, 0.25) is 0 Å². The van der Waals surface area contributed by atoms with Crippen LogP contribution in [-0.2, 0) is 24.3 Å². The number of benzene rings is 1. The van der Waals surface area contributed by atoms with Crippen LogP contribution < -0.4 is 10.2 Å². The average Bonchev–Trinajstić information content (AvgIpc) is 2.52. The lowest BCUT2D eigenvalue weighted by atomic mass is 10.2. The number of amides is 1. The molecule has 0 heterocycles. The Hall–Kier alpha value is -2.39. The molecule has 0 aliphatic rings. The molecule has 0 atom stereocenters. The van der Waals surface area contributed by atoms with Gasteiger partial charge in [0, 0.05) is 34.3 Å². The molecule has 0 unspecified atom stereocenters. The van der Waals surface area contributed by atoms with Gasteiger partial charge >= 0.3 is 5.97 Å². The first-order valence-electron chi connectivity index (χ1n) is 7.42. The maximum absolute atomic E-state index is 12.3. The van der Waals surface area contributed by atoms with Crippen LogP contribution in [-0.4, -0.2) is 59.4 Å². The van der Waals surface area contributed by atoms with Gasteiger partial charge in [0.1, 0.15) is 0 Å². The van der Waals surface area contributed by atoms with Crippen molar-refractivity contribution in [3.8, 4) is 0 Å². The highest BCUT2D eigenvalue weighted by Gasteiger charge is 2.20. The van der Waals surface area contributed by atoms with Gasteiger partial charge in [0.25, 0.3) is 5.91 Å². The maximum Gasteiger partial charge on any atom is 0.330 e. The number of hydrogen-bond donors (Lipinski definition) is 1. The summed E-state index contributed by atoms with van der Waals surface area (Å²) in [4.78, 5) is 25.0. The lowest BCUT2D eigenvalue weighted by Crippen LogP contribution is -2.24. The molecular weight excluding hydrogens is 346 g/mol. The Balaban J connectivity index is 3.07. The van der Waals surface area contributed by atoms with E-state index in [0.29, 0.717) is 11.4 Å². The average molecular weight is 369 g/mol. The summed E-state index contributed by atoms with van der Waals surface area (Å²) in [5.41, 5.74) is 0.922. The van der Waals surface area contributed by atoms with Crippen molar-refractivity contribution in [2.24, 2.45) is 0 Å². The van der Waals surface area contributed by atoms with Crippen LogP contribution in [0.5, 0.6) is 0 Å². The van der Waals surface area contributed by atoms with Gasteiger partial charge in [-0.1, -0.05) is 6.08 Å². The summed E-state index contributed by atoms with van der Waals surface area (Å²) in [6.45, 7) is 1.18. The zero-order chi connectivity index (χ0) is 19.2. The van der Waals surface area contributed by atoms with Gasteiger partial charge in [-0.3, -0.25) is 4.79 Å². The number of hydrogen-bond acceptors (Lipinski definition) is 6. The minimum atomic E-state index is -3.64. The van der Waals surface area contributed by atoms with Crippen LogP contribution in [0.3, 0.4) is 0 Å². The van der Waals surface area contributed by atoms with Crippen molar-refractivity contribution in [1.29, 1.82) is 0 Å². The van der Waals surface area contributed by atoms with E-state index in [1.807, 2.05) is 0 Å². The number of anilines is 2. The van der Waals surface area contributed by atoms with Crippen LogP contribution in [0.15, 0.2) is 35.2 Å². The van der Waals surface area contributed by atoms with E-state index < -0.39 is 28.5 Å².